The summed E-state index contributed by atoms with van der Waals surface area (Å²) in [6.45, 7) is 5.60. The number of allylic oxidation sites excluding steroid dienone is 3. The van der Waals surface area contributed by atoms with E-state index in [2.05, 4.69) is 9.47 Å². The van der Waals surface area contributed by atoms with Crippen LogP contribution in [-0.2, 0) is 23.9 Å². The second kappa shape index (κ2) is 5.43. The van der Waals surface area contributed by atoms with E-state index in [1.54, 1.807) is 6.92 Å². The van der Waals surface area contributed by atoms with Gasteiger partial charge in [0.05, 0.1) is 0 Å². The molecule has 0 aromatic carbocycles. The molecule has 5 nitrogen and oxygen atoms in total. The van der Waals surface area contributed by atoms with Crippen LogP contribution in [0.15, 0.2) is 23.0 Å². The summed E-state index contributed by atoms with van der Waals surface area (Å²) in [4.78, 5) is 33.0. The normalized spacial score (nSPS) is 18.4. The highest BCUT2D eigenvalue weighted by atomic mass is 16.7. The average molecular weight is 238 g/mol. The maximum absolute atomic E-state index is 11.3. The molecule has 0 spiro atoms. The molecule has 0 aliphatic carbocycles. The van der Waals surface area contributed by atoms with Gasteiger partial charge in [0.25, 0.3) is 0 Å². The molecule has 0 aromatic rings. The Labute approximate surface area is 99.1 Å². The van der Waals surface area contributed by atoms with Gasteiger partial charge in [-0.15, -0.1) is 0 Å². The van der Waals surface area contributed by atoms with Gasteiger partial charge in [0, 0.05) is 0 Å². The molecule has 1 aliphatic heterocycles. The molecule has 0 atom stereocenters. The lowest BCUT2D eigenvalue weighted by molar-refractivity contribution is -0.179. The van der Waals surface area contributed by atoms with Gasteiger partial charge in [-0.05, 0) is 39.2 Å². The van der Waals surface area contributed by atoms with Crippen molar-refractivity contribution in [2.75, 3.05) is 0 Å². The summed E-state index contributed by atoms with van der Waals surface area (Å²) in [5, 5.41) is 0. The van der Waals surface area contributed by atoms with Gasteiger partial charge in [-0.2, -0.15) is 0 Å². The van der Waals surface area contributed by atoms with Crippen molar-refractivity contribution in [3.05, 3.63) is 23.0 Å². The van der Waals surface area contributed by atoms with Crippen LogP contribution in [0.1, 0.15) is 33.6 Å². The maximum atomic E-state index is 11.3. The van der Waals surface area contributed by atoms with Gasteiger partial charge in [0.15, 0.2) is 0 Å². The lowest BCUT2D eigenvalue weighted by atomic mass is 10.1. The molecule has 5 heteroatoms. The Morgan fingerprint density at radius 2 is 1.59 bits per heavy atom. The standard InChI is InChI=1S/C12H14O5/c1-7(2)5-4-6-8(3)9-10(13)17-12(15)11(14)16-9/h5H,4,6H2,1-3H3/b9-8-. The summed E-state index contributed by atoms with van der Waals surface area (Å²) in [5.41, 5.74) is 1.76. The largest absolute Gasteiger partial charge is 0.425 e. The van der Waals surface area contributed by atoms with Gasteiger partial charge in [0.1, 0.15) is 0 Å². The van der Waals surface area contributed by atoms with Gasteiger partial charge < -0.3 is 9.47 Å². The molecular formula is C12H14O5. The summed E-state index contributed by atoms with van der Waals surface area (Å²) in [6.07, 6.45) is 3.30. The first-order chi connectivity index (χ1) is 7.91. The lowest BCUT2D eigenvalue weighted by Gasteiger charge is -2.14. The van der Waals surface area contributed by atoms with Crippen LogP contribution in [0.5, 0.6) is 0 Å². The van der Waals surface area contributed by atoms with Crippen molar-refractivity contribution in [1.29, 1.82) is 0 Å². The SMILES string of the molecule is CC(C)=CCC/C(C)=C1\OC(=O)C(=O)OC1=O. The third-order valence-electron chi connectivity index (χ3n) is 2.19. The monoisotopic (exact) mass is 238 g/mol. The Morgan fingerprint density at radius 3 is 2.18 bits per heavy atom. The third kappa shape index (κ3) is 3.55. The van der Waals surface area contributed by atoms with Crippen LogP contribution >= 0.6 is 0 Å². The molecular weight excluding hydrogens is 224 g/mol. The molecule has 0 aromatic heterocycles. The van der Waals surface area contributed by atoms with Crippen molar-refractivity contribution in [1.82, 2.24) is 0 Å². The minimum absolute atomic E-state index is 0.170. The van der Waals surface area contributed by atoms with Gasteiger partial charge in [-0.3, -0.25) is 0 Å². The Balaban J connectivity index is 2.75. The second-order valence-corrected chi connectivity index (χ2v) is 4.00. The zero-order valence-electron chi connectivity index (χ0n) is 10.0. The first-order valence-electron chi connectivity index (χ1n) is 5.23. The maximum Gasteiger partial charge on any atom is 0.425 e. The molecule has 0 radical (unpaired) electrons. The summed E-state index contributed by atoms with van der Waals surface area (Å²) >= 11 is 0. The highest BCUT2D eigenvalue weighted by molar-refractivity contribution is 6.34. The predicted octanol–water partition coefficient (Wildman–Crippen LogP) is 1.63. The minimum Gasteiger partial charge on any atom is -0.410 e. The Morgan fingerprint density at radius 1 is 1.00 bits per heavy atom. The number of ether oxygens (including phenoxy) is 2. The van der Waals surface area contributed by atoms with Crippen LogP contribution in [0.2, 0.25) is 0 Å². The Hall–Kier alpha value is -1.91. The van der Waals surface area contributed by atoms with Crippen LogP contribution in [0, 0.1) is 0 Å². The van der Waals surface area contributed by atoms with Gasteiger partial charge in [-0.1, -0.05) is 11.6 Å². The molecule has 0 unspecified atom stereocenters. The van der Waals surface area contributed by atoms with E-state index in [9.17, 15) is 14.4 Å². The first kappa shape index (κ1) is 13.2. The molecule has 0 saturated carbocycles. The average Bonchev–Trinajstić information content (AvgIpc) is 2.22. The molecule has 0 amide bonds. The Bertz CT molecular complexity index is 424. The fourth-order valence-corrected chi connectivity index (χ4v) is 1.30. The van der Waals surface area contributed by atoms with E-state index in [1.165, 1.54) is 5.57 Å². The molecule has 1 heterocycles. The van der Waals surface area contributed by atoms with Crippen LogP contribution in [0.4, 0.5) is 0 Å². The molecule has 92 valence electrons. The molecule has 1 aliphatic rings. The number of rotatable bonds is 3. The van der Waals surface area contributed by atoms with Crippen molar-refractivity contribution in [3.63, 3.8) is 0 Å². The second-order valence-electron chi connectivity index (χ2n) is 4.00. The van der Waals surface area contributed by atoms with Crippen molar-refractivity contribution < 1.29 is 23.9 Å². The van der Waals surface area contributed by atoms with E-state index in [-0.39, 0.29) is 5.76 Å². The van der Waals surface area contributed by atoms with Crippen LogP contribution < -0.4 is 0 Å². The van der Waals surface area contributed by atoms with Crippen LogP contribution in [0.3, 0.4) is 0 Å². The number of esters is 3. The van der Waals surface area contributed by atoms with Gasteiger partial charge in [0.2, 0.25) is 5.76 Å². The fourth-order valence-electron chi connectivity index (χ4n) is 1.30. The number of cyclic esters (lactones) is 3. The zero-order chi connectivity index (χ0) is 13.0. The summed E-state index contributed by atoms with van der Waals surface area (Å²) in [5.74, 6) is -3.49. The van der Waals surface area contributed by atoms with Crippen molar-refractivity contribution in [2.24, 2.45) is 0 Å². The fraction of sp³-hybridized carbons (Fsp3) is 0.417. The molecule has 1 saturated heterocycles. The van der Waals surface area contributed by atoms with Gasteiger partial charge in [-0.25, -0.2) is 14.4 Å². The topological polar surface area (TPSA) is 69.7 Å². The quantitative estimate of drug-likeness (QED) is 0.246. The van der Waals surface area contributed by atoms with E-state index in [4.69, 9.17) is 0 Å². The molecule has 0 bridgehead atoms. The van der Waals surface area contributed by atoms with E-state index in [0.29, 0.717) is 12.0 Å². The summed E-state index contributed by atoms with van der Waals surface area (Å²) < 4.78 is 8.86. The highest BCUT2D eigenvalue weighted by Gasteiger charge is 2.34. The number of hydrogen-bond acceptors (Lipinski definition) is 5. The predicted molar refractivity (Wildman–Crippen MR) is 58.6 cm³/mol. The summed E-state index contributed by atoms with van der Waals surface area (Å²) in [6, 6.07) is 0. The van der Waals surface area contributed by atoms with E-state index in [1.807, 2.05) is 19.9 Å². The third-order valence-corrected chi connectivity index (χ3v) is 2.19. The van der Waals surface area contributed by atoms with E-state index >= 15 is 0 Å². The molecule has 0 N–H and O–H groups in total. The molecule has 17 heavy (non-hydrogen) atoms. The van der Waals surface area contributed by atoms with Crippen molar-refractivity contribution in [2.45, 2.75) is 33.6 Å². The number of hydrogen-bond donors (Lipinski definition) is 0. The number of carbonyl (C=O) groups excluding carboxylic acids is 3. The smallest absolute Gasteiger partial charge is 0.410 e. The van der Waals surface area contributed by atoms with Crippen LogP contribution in [-0.4, -0.2) is 17.9 Å². The van der Waals surface area contributed by atoms with Crippen molar-refractivity contribution in [3.8, 4) is 0 Å². The van der Waals surface area contributed by atoms with Crippen molar-refractivity contribution >= 4 is 17.9 Å². The number of carbonyl (C=O) groups is 3. The van der Waals surface area contributed by atoms with Gasteiger partial charge >= 0.3 is 17.9 Å². The Kier molecular flexibility index (Phi) is 4.20. The molecule has 1 rings (SSSR count). The van der Waals surface area contributed by atoms with E-state index in [0.717, 1.165) is 6.42 Å². The zero-order valence-corrected chi connectivity index (χ0v) is 10.0. The van der Waals surface area contributed by atoms with Crippen LogP contribution in [0.25, 0.3) is 0 Å². The summed E-state index contributed by atoms with van der Waals surface area (Å²) in [7, 11) is 0. The first-order valence-corrected chi connectivity index (χ1v) is 5.23. The van der Waals surface area contributed by atoms with E-state index < -0.39 is 17.9 Å². The minimum atomic E-state index is -1.27. The lowest BCUT2D eigenvalue weighted by Crippen LogP contribution is -2.32. The molecule has 1 fully saturated rings. The highest BCUT2D eigenvalue weighted by Crippen LogP contribution is 2.18.